The Labute approximate surface area is 284 Å². The van der Waals surface area contributed by atoms with E-state index in [0.717, 1.165) is 25.2 Å². The maximum absolute atomic E-state index is 11.7. The van der Waals surface area contributed by atoms with Gasteiger partial charge in [0, 0.05) is 12.7 Å². The number of hydrogen-bond donors (Lipinski definition) is 7. The molecule has 0 aliphatic carbocycles. The third-order valence-electron chi connectivity index (χ3n) is 8.73. The molecule has 2 fully saturated rings. The van der Waals surface area contributed by atoms with Crippen molar-refractivity contribution in [3.05, 3.63) is 23.9 Å². The number of thiol groups is 1. The minimum absolute atomic E-state index is 0.0187. The highest BCUT2D eigenvalue weighted by Gasteiger charge is 2.50. The lowest BCUT2D eigenvalue weighted by Crippen LogP contribution is -2.47. The van der Waals surface area contributed by atoms with E-state index < -0.39 is 50.8 Å². The van der Waals surface area contributed by atoms with Crippen molar-refractivity contribution in [1.82, 2.24) is 29.7 Å². The van der Waals surface area contributed by atoms with E-state index in [-0.39, 0.29) is 54.3 Å². The molecule has 0 amide bonds. The molecule has 10 atom stereocenters. The predicted molar refractivity (Wildman–Crippen MR) is 178 cm³/mol. The second-order valence-corrected chi connectivity index (χ2v) is 17.4. The van der Waals surface area contributed by atoms with Crippen LogP contribution in [0.5, 0.6) is 0 Å². The lowest BCUT2D eigenvalue weighted by molar-refractivity contribution is -0.0632. The summed E-state index contributed by atoms with van der Waals surface area (Å²) in [5.41, 5.74) is 13.5. The maximum atomic E-state index is 11.7. The number of anilines is 1. The summed E-state index contributed by atoms with van der Waals surface area (Å²) in [6.07, 6.45) is 2.29. The summed E-state index contributed by atoms with van der Waals surface area (Å²) in [6, 6.07) is 0. The molecule has 7 heterocycles. The summed E-state index contributed by atoms with van der Waals surface area (Å²) in [5.74, 6) is 1.29. The number of ether oxygens (including phenoxy) is 2. The van der Waals surface area contributed by atoms with Gasteiger partial charge in [0.15, 0.2) is 17.7 Å². The molecule has 262 valence electrons. The van der Waals surface area contributed by atoms with Crippen LogP contribution in [0.2, 0.25) is 0 Å². The van der Waals surface area contributed by atoms with Crippen molar-refractivity contribution in [3.63, 3.8) is 0 Å². The quantitative estimate of drug-likeness (QED) is 0.120. The molecule has 0 bridgehead atoms. The first kappa shape index (κ1) is 34.4. The number of nitrogens with zero attached hydrogens (tertiary/aromatic N) is 7. The molecule has 0 saturated carbocycles. The van der Waals surface area contributed by atoms with Gasteiger partial charge in [-0.15, -0.1) is 0 Å². The monoisotopic (exact) mass is 746 g/mol. The lowest BCUT2D eigenvalue weighted by Gasteiger charge is -2.33. The number of aliphatic hydroxyl groups excluding tert-OH is 1. The summed E-state index contributed by atoms with van der Waals surface area (Å²) in [5, 5.41) is 14.4. The van der Waals surface area contributed by atoms with Gasteiger partial charge in [-0.25, -0.2) is 24.5 Å². The molecule has 2 aromatic heterocycles. The Bertz CT molecular complexity index is 1740. The first-order valence-corrected chi connectivity index (χ1v) is 20.6. The zero-order valence-corrected chi connectivity index (χ0v) is 28.8. The number of nitrogens with two attached hydrogens (primary N) is 2. The largest absolute Gasteiger partial charge is 0.387 e. The zero-order chi connectivity index (χ0) is 33.8. The Balaban J connectivity index is 1.04. The van der Waals surface area contributed by atoms with Crippen LogP contribution in [0.1, 0.15) is 37.7 Å². The number of aliphatic imine (C=N–C) groups is 2. The number of nitrogen functional groups attached to an aromatic ring is 1. The van der Waals surface area contributed by atoms with Crippen molar-refractivity contribution >= 4 is 66.7 Å². The highest BCUT2D eigenvalue weighted by atomic mass is 32.7. The highest BCUT2D eigenvalue weighted by molar-refractivity contribution is 8.44. The second-order valence-electron chi connectivity index (χ2n) is 11.9. The van der Waals surface area contributed by atoms with Gasteiger partial charge in [0.2, 0.25) is 0 Å². The highest BCUT2D eigenvalue weighted by Crippen LogP contribution is 2.52. The Morgan fingerprint density at radius 3 is 2.83 bits per heavy atom. The molecule has 0 spiro atoms. The number of fused-ring (bicyclic) bond motifs is 1. The Hall–Kier alpha value is -2.10. The van der Waals surface area contributed by atoms with Gasteiger partial charge in [0.05, 0.1) is 44.4 Å². The molecule has 8 N–H and O–H groups in total. The first-order valence-electron chi connectivity index (χ1n) is 15.2. The molecule has 5 aliphatic heterocycles. The molecule has 0 aromatic carbocycles. The van der Waals surface area contributed by atoms with Crippen LogP contribution in [-0.2, 0) is 46.0 Å². The van der Waals surface area contributed by atoms with Gasteiger partial charge in [-0.05, 0) is 43.1 Å². The van der Waals surface area contributed by atoms with Crippen molar-refractivity contribution in [2.24, 2.45) is 21.6 Å². The van der Waals surface area contributed by atoms with Crippen LogP contribution in [0, 0.1) is 5.92 Å². The van der Waals surface area contributed by atoms with E-state index in [4.69, 9.17) is 51.3 Å². The van der Waals surface area contributed by atoms with Gasteiger partial charge < -0.3 is 50.6 Å². The summed E-state index contributed by atoms with van der Waals surface area (Å²) >= 11 is 8.89. The Morgan fingerprint density at radius 2 is 2.04 bits per heavy atom. The first-order chi connectivity index (χ1) is 22.9. The van der Waals surface area contributed by atoms with E-state index in [0.29, 0.717) is 12.8 Å². The van der Waals surface area contributed by atoms with Gasteiger partial charge in [0.1, 0.15) is 47.9 Å². The van der Waals surface area contributed by atoms with Crippen LogP contribution in [-0.4, -0.2) is 108 Å². The van der Waals surface area contributed by atoms with Crippen LogP contribution >= 0.6 is 25.8 Å². The smallest absolute Gasteiger partial charge is 0.383 e. The van der Waals surface area contributed by atoms with Crippen LogP contribution < -0.4 is 16.8 Å². The molecule has 2 aromatic rings. The lowest BCUT2D eigenvalue weighted by atomic mass is 9.95. The van der Waals surface area contributed by atoms with E-state index in [9.17, 15) is 19.5 Å². The second kappa shape index (κ2) is 13.6. The average Bonchev–Trinajstić information content (AvgIpc) is 3.80. The SMILES string of the molecule is NCc1nc(N)c2ncn([C@@H]3O[C@H](COP(=O)(O)S)[C@@H](O)[C@H]3OP(O)(=S)OC[C@@H]3CC[C@H](N4C=C5CCCN=C6NC=NC4[C@@H]56)O3)c2n1. The molecule has 7 rings (SSSR count). The molecule has 23 heteroatoms. The van der Waals surface area contributed by atoms with Gasteiger partial charge >= 0.3 is 13.5 Å². The number of aromatic nitrogens is 4. The summed E-state index contributed by atoms with van der Waals surface area (Å²) in [6.45, 7) is -8.14. The van der Waals surface area contributed by atoms with Gasteiger partial charge in [-0.1, -0.05) is 12.2 Å². The van der Waals surface area contributed by atoms with Crippen molar-refractivity contribution in [1.29, 1.82) is 0 Å². The standard InChI is InChI=1S/C25H36N10O9P2S2/c26-6-15-32-21(27)18-24(33-15)35(11-31-18)25-20(19(36)14(43-25)9-40-45(37,38)47)44-46(39,48)41-8-13-3-4-16(42-13)34-7-12-2-1-5-28-22-17(12)23(34)30-10-29-22/h7,10-11,13-14,16-17,19-20,23,25,36H,1-6,8-9,26H2,(H,39,48)(H2,27,32,33)(H,28,29,30)(H2,37,38,47)/t13-,14+,16+,17-,19+,20+,23?,25+,46?/m0/s1. The maximum Gasteiger partial charge on any atom is 0.383 e. The number of rotatable bonds is 11. The van der Waals surface area contributed by atoms with Crippen molar-refractivity contribution in [2.45, 2.75) is 75.3 Å². The number of hydrogen-bond acceptors (Lipinski definition) is 17. The van der Waals surface area contributed by atoms with Gasteiger partial charge in [-0.2, -0.15) is 0 Å². The molecule has 5 aliphatic rings. The zero-order valence-electron chi connectivity index (χ0n) is 25.3. The van der Waals surface area contributed by atoms with E-state index in [2.05, 4.69) is 48.6 Å². The predicted octanol–water partition coefficient (Wildman–Crippen LogP) is 0.262. The molecule has 48 heavy (non-hydrogen) atoms. The van der Waals surface area contributed by atoms with Crippen LogP contribution in [0.15, 0.2) is 28.1 Å². The number of imidazole rings is 1. The number of amidine groups is 1. The summed E-state index contributed by atoms with van der Waals surface area (Å²) in [4.78, 5) is 45.0. The molecular weight excluding hydrogens is 710 g/mol. The Kier molecular flexibility index (Phi) is 9.70. The van der Waals surface area contributed by atoms with Gasteiger partial charge in [0.25, 0.3) is 0 Å². The molecule has 19 nitrogen and oxygen atoms in total. The van der Waals surface area contributed by atoms with Crippen LogP contribution in [0.3, 0.4) is 0 Å². The minimum atomic E-state index is -4.23. The van der Waals surface area contributed by atoms with Crippen molar-refractivity contribution in [2.75, 3.05) is 25.5 Å². The molecule has 3 unspecified atom stereocenters. The normalized spacial score (nSPS) is 33.9. The Morgan fingerprint density at radius 1 is 1.21 bits per heavy atom. The number of aliphatic hydroxyl groups is 1. The fourth-order valence-electron chi connectivity index (χ4n) is 6.58. The summed E-state index contributed by atoms with van der Waals surface area (Å²) < 4.78 is 41.9. The fourth-order valence-corrected chi connectivity index (χ4v) is 8.55. The third-order valence-corrected chi connectivity index (χ3v) is 11.1. The average molecular weight is 747 g/mol. The van der Waals surface area contributed by atoms with Crippen LogP contribution in [0.25, 0.3) is 11.2 Å². The van der Waals surface area contributed by atoms with Crippen molar-refractivity contribution < 1.29 is 42.5 Å². The van der Waals surface area contributed by atoms with Gasteiger partial charge in [-0.3, -0.25) is 18.6 Å². The molecular formula is C25H36N10O9P2S2. The third kappa shape index (κ3) is 6.94. The minimum Gasteiger partial charge on any atom is -0.387 e. The van der Waals surface area contributed by atoms with E-state index in [1.807, 2.05) is 0 Å². The van der Waals surface area contributed by atoms with Crippen LogP contribution in [0.4, 0.5) is 5.82 Å². The number of nitrogens with one attached hydrogen (secondary N) is 1. The van der Waals surface area contributed by atoms with E-state index in [1.54, 1.807) is 6.34 Å². The topological polar surface area (TPSA) is 260 Å². The van der Waals surface area contributed by atoms with E-state index >= 15 is 0 Å². The van der Waals surface area contributed by atoms with Crippen molar-refractivity contribution in [3.8, 4) is 0 Å². The molecule has 2 saturated heterocycles. The summed E-state index contributed by atoms with van der Waals surface area (Å²) in [7, 11) is 0. The fraction of sp³-hybridized carbons (Fsp3) is 0.640. The molecule has 0 radical (unpaired) electrons. The van der Waals surface area contributed by atoms with E-state index in [1.165, 1.54) is 16.5 Å².